The molecule has 0 amide bonds. The molecule has 6 rings (SSSR count). The van der Waals surface area contributed by atoms with Gasteiger partial charge in [0.05, 0.1) is 0 Å². The van der Waals surface area contributed by atoms with Crippen molar-refractivity contribution in [2.24, 2.45) is 10.2 Å². The van der Waals surface area contributed by atoms with Gasteiger partial charge in [-0.1, -0.05) is 180 Å². The molecular weight excluding hydrogens is 556 g/mol. The standard InChI is InChI=1S/C38H28N6O/c39-43-41-35-27-15-13-25-33(35)37(29-17-5-1-6-18-29,30-19-7-2-8-20-30)45-38(31-21-9-3-10-22-31,32-23-11-4-12-24-32)34-26-14-16-28-36(34)42-44-40/h1-28H. The summed E-state index contributed by atoms with van der Waals surface area (Å²) < 4.78 is 7.95. The van der Waals surface area contributed by atoms with E-state index in [1.807, 2.05) is 158 Å². The summed E-state index contributed by atoms with van der Waals surface area (Å²) in [5.74, 6) is 0. The van der Waals surface area contributed by atoms with Crippen molar-refractivity contribution in [3.63, 3.8) is 0 Å². The fraction of sp³-hybridized carbons (Fsp3) is 0.0526. The van der Waals surface area contributed by atoms with Gasteiger partial charge in [0.2, 0.25) is 0 Å². The molecule has 0 heterocycles. The first-order valence-electron chi connectivity index (χ1n) is 14.5. The minimum Gasteiger partial charge on any atom is -0.340 e. The Bertz CT molecular complexity index is 1760. The highest BCUT2D eigenvalue weighted by Crippen LogP contribution is 2.54. The second-order valence-corrected chi connectivity index (χ2v) is 10.3. The van der Waals surface area contributed by atoms with E-state index in [4.69, 9.17) is 4.74 Å². The number of azide groups is 2. The number of rotatable bonds is 10. The Morgan fingerprint density at radius 2 is 0.644 bits per heavy atom. The van der Waals surface area contributed by atoms with Gasteiger partial charge in [0.1, 0.15) is 11.2 Å². The van der Waals surface area contributed by atoms with Crippen LogP contribution in [-0.4, -0.2) is 0 Å². The second-order valence-electron chi connectivity index (χ2n) is 10.3. The van der Waals surface area contributed by atoms with Crippen LogP contribution in [-0.2, 0) is 15.9 Å². The summed E-state index contributed by atoms with van der Waals surface area (Å²) in [6.07, 6.45) is 0. The van der Waals surface area contributed by atoms with Crippen molar-refractivity contribution in [1.29, 1.82) is 0 Å². The first-order chi connectivity index (χ1) is 22.2. The molecule has 0 unspecified atom stereocenters. The summed E-state index contributed by atoms with van der Waals surface area (Å²) in [7, 11) is 0. The van der Waals surface area contributed by atoms with Gasteiger partial charge in [-0.05, 0) is 33.3 Å². The summed E-state index contributed by atoms with van der Waals surface area (Å²) in [6, 6.07) is 54.6. The summed E-state index contributed by atoms with van der Waals surface area (Å²) >= 11 is 0. The van der Waals surface area contributed by atoms with Gasteiger partial charge in [-0.2, -0.15) is 0 Å². The van der Waals surface area contributed by atoms with Crippen LogP contribution in [0.2, 0.25) is 0 Å². The maximum atomic E-state index is 9.68. The van der Waals surface area contributed by atoms with Crippen molar-refractivity contribution in [3.05, 3.63) is 224 Å². The molecule has 0 fully saturated rings. The fourth-order valence-corrected chi connectivity index (χ4v) is 6.04. The van der Waals surface area contributed by atoms with E-state index in [0.29, 0.717) is 22.5 Å². The van der Waals surface area contributed by atoms with E-state index in [1.165, 1.54) is 0 Å². The summed E-state index contributed by atoms with van der Waals surface area (Å²) in [5.41, 5.74) is 22.1. The van der Waals surface area contributed by atoms with Crippen LogP contribution >= 0.6 is 0 Å². The lowest BCUT2D eigenvalue weighted by Crippen LogP contribution is -2.44. The Balaban J connectivity index is 1.85. The molecule has 0 aliphatic rings. The monoisotopic (exact) mass is 584 g/mol. The molecule has 6 aromatic carbocycles. The van der Waals surface area contributed by atoms with E-state index in [1.54, 1.807) is 12.1 Å². The lowest BCUT2D eigenvalue weighted by molar-refractivity contribution is -0.0804. The van der Waals surface area contributed by atoms with Crippen LogP contribution in [0.4, 0.5) is 11.4 Å². The van der Waals surface area contributed by atoms with E-state index in [2.05, 4.69) is 20.1 Å². The molecule has 6 aromatic rings. The first-order valence-corrected chi connectivity index (χ1v) is 14.5. The van der Waals surface area contributed by atoms with Gasteiger partial charge >= 0.3 is 0 Å². The summed E-state index contributed by atoms with van der Waals surface area (Å²) in [5, 5.41) is 8.31. The van der Waals surface area contributed by atoms with Crippen LogP contribution in [0.25, 0.3) is 20.9 Å². The average Bonchev–Trinajstić information content (AvgIpc) is 3.12. The molecule has 7 nitrogen and oxygen atoms in total. The molecule has 0 aliphatic carbocycles. The third kappa shape index (κ3) is 5.31. The zero-order chi connectivity index (χ0) is 31.0. The van der Waals surface area contributed by atoms with Crippen LogP contribution in [0.5, 0.6) is 0 Å². The molecule has 0 aliphatic heterocycles. The predicted octanol–water partition coefficient (Wildman–Crippen LogP) is 10.9. The number of hydrogen-bond acceptors (Lipinski definition) is 3. The Morgan fingerprint density at radius 1 is 0.378 bits per heavy atom. The van der Waals surface area contributed by atoms with Gasteiger partial charge in [0.25, 0.3) is 0 Å². The Hall–Kier alpha value is -6.10. The Labute approximate surface area is 261 Å². The van der Waals surface area contributed by atoms with Crippen molar-refractivity contribution < 1.29 is 4.74 Å². The highest BCUT2D eigenvalue weighted by Gasteiger charge is 2.50. The van der Waals surface area contributed by atoms with E-state index in [9.17, 15) is 11.1 Å². The van der Waals surface area contributed by atoms with E-state index in [-0.39, 0.29) is 0 Å². The lowest BCUT2D eigenvalue weighted by Gasteiger charge is -2.47. The fourth-order valence-electron chi connectivity index (χ4n) is 6.04. The average molecular weight is 585 g/mol. The molecule has 7 heteroatoms. The zero-order valence-corrected chi connectivity index (χ0v) is 24.3. The molecule has 216 valence electrons. The quantitative estimate of drug-likeness (QED) is 0.0679. The van der Waals surface area contributed by atoms with Gasteiger partial charge < -0.3 is 4.74 Å². The molecule has 0 saturated heterocycles. The minimum absolute atomic E-state index is 0.422. The van der Waals surface area contributed by atoms with Crippen LogP contribution < -0.4 is 0 Å². The van der Waals surface area contributed by atoms with Gasteiger partial charge in [-0.15, -0.1) is 0 Å². The van der Waals surface area contributed by atoms with Crippen molar-refractivity contribution in [1.82, 2.24) is 0 Å². The smallest absolute Gasteiger partial charge is 0.146 e. The highest BCUT2D eigenvalue weighted by molar-refractivity contribution is 5.62. The molecule has 0 bridgehead atoms. The number of benzene rings is 6. The predicted molar refractivity (Wildman–Crippen MR) is 177 cm³/mol. The van der Waals surface area contributed by atoms with Crippen molar-refractivity contribution in [2.45, 2.75) is 11.2 Å². The van der Waals surface area contributed by atoms with Gasteiger partial charge in [-0.25, -0.2) is 0 Å². The number of ether oxygens (including phenoxy) is 1. The largest absolute Gasteiger partial charge is 0.340 e. The van der Waals surface area contributed by atoms with Crippen molar-refractivity contribution in [3.8, 4) is 0 Å². The van der Waals surface area contributed by atoms with Gasteiger partial charge in [0.15, 0.2) is 0 Å². The topological polar surface area (TPSA) is 107 Å². The molecule has 0 aromatic heterocycles. The summed E-state index contributed by atoms with van der Waals surface area (Å²) in [6.45, 7) is 0. The summed E-state index contributed by atoms with van der Waals surface area (Å²) in [4.78, 5) is 6.38. The highest BCUT2D eigenvalue weighted by atomic mass is 16.5. The zero-order valence-electron chi connectivity index (χ0n) is 24.3. The lowest BCUT2D eigenvalue weighted by atomic mass is 9.74. The Kier molecular flexibility index (Phi) is 8.40. The second kappa shape index (κ2) is 13.0. The SMILES string of the molecule is [N-]=[N+]=Nc1ccccc1C(OC(c1ccccc1)(c1ccccc1)c1ccccc1N=[N+]=[N-])(c1ccccc1)c1ccccc1. The number of nitrogens with zero attached hydrogens (tertiary/aromatic N) is 6. The maximum absolute atomic E-state index is 9.68. The number of hydrogen-bond donors (Lipinski definition) is 0. The molecular formula is C38H28N6O. The molecule has 0 atom stereocenters. The van der Waals surface area contributed by atoms with Crippen LogP contribution in [0.3, 0.4) is 0 Å². The molecule has 0 N–H and O–H groups in total. The van der Waals surface area contributed by atoms with Gasteiger partial charge in [-0.3, -0.25) is 0 Å². The van der Waals surface area contributed by atoms with Crippen LogP contribution in [0, 0.1) is 0 Å². The van der Waals surface area contributed by atoms with Crippen molar-refractivity contribution >= 4 is 11.4 Å². The van der Waals surface area contributed by atoms with Gasteiger partial charge in [0, 0.05) is 32.3 Å². The van der Waals surface area contributed by atoms with Crippen LogP contribution in [0.1, 0.15) is 33.4 Å². The molecule has 0 radical (unpaired) electrons. The molecule has 0 saturated carbocycles. The normalized spacial score (nSPS) is 11.2. The third-order valence-corrected chi connectivity index (χ3v) is 7.90. The molecule has 0 spiro atoms. The first kappa shape index (κ1) is 29.0. The van der Waals surface area contributed by atoms with E-state index >= 15 is 0 Å². The van der Waals surface area contributed by atoms with Crippen LogP contribution in [0.15, 0.2) is 180 Å². The minimum atomic E-state index is -1.34. The van der Waals surface area contributed by atoms with E-state index in [0.717, 1.165) is 22.3 Å². The third-order valence-electron chi connectivity index (χ3n) is 7.90. The van der Waals surface area contributed by atoms with Crippen molar-refractivity contribution in [2.75, 3.05) is 0 Å². The Morgan fingerprint density at radius 3 is 0.933 bits per heavy atom. The maximum Gasteiger partial charge on any atom is 0.146 e. The van der Waals surface area contributed by atoms with E-state index < -0.39 is 11.2 Å². The molecule has 45 heavy (non-hydrogen) atoms.